The summed E-state index contributed by atoms with van der Waals surface area (Å²) < 4.78 is 19.0. The molecule has 4 atom stereocenters. The highest BCUT2D eigenvalue weighted by molar-refractivity contribution is 6.62. The summed E-state index contributed by atoms with van der Waals surface area (Å²) in [4.78, 5) is 0. The molecule has 4 unspecified atom stereocenters. The van der Waals surface area contributed by atoms with Crippen molar-refractivity contribution in [2.45, 2.75) is 83.3 Å². The molecule has 44 heavy (non-hydrogen) atoms. The second kappa shape index (κ2) is 9.11. The number of fused-ring (bicyclic) bond motifs is 11. The first-order valence-electron chi connectivity index (χ1n) is 16.7. The SMILES string of the molecule is CC1CC2CCC3(c4ccccc4-c4ccc(-c5ccc6oc7cc(B8OC(C)(C)C(C)(C)O8)ccc7c6c5)cc43)C(C1)C2. The van der Waals surface area contributed by atoms with Gasteiger partial charge in [-0.05, 0) is 141 Å². The molecule has 3 nitrogen and oxygen atoms in total. The first kappa shape index (κ1) is 27.0. The summed E-state index contributed by atoms with van der Waals surface area (Å²) in [6, 6.07) is 29.7. The van der Waals surface area contributed by atoms with Gasteiger partial charge in [-0.1, -0.05) is 61.5 Å². The van der Waals surface area contributed by atoms with Crippen LogP contribution in [-0.2, 0) is 14.7 Å². The van der Waals surface area contributed by atoms with Crippen molar-refractivity contribution in [1.82, 2.24) is 0 Å². The monoisotopic (exact) mass is 580 g/mol. The minimum atomic E-state index is -0.404. The average molecular weight is 581 g/mol. The van der Waals surface area contributed by atoms with Gasteiger partial charge in [0.2, 0.25) is 0 Å². The van der Waals surface area contributed by atoms with Crippen molar-refractivity contribution in [3.05, 3.63) is 90.0 Å². The minimum absolute atomic E-state index is 0.142. The zero-order valence-corrected chi connectivity index (χ0v) is 26.6. The van der Waals surface area contributed by atoms with Crippen molar-refractivity contribution in [2.75, 3.05) is 0 Å². The summed E-state index contributed by atoms with van der Waals surface area (Å²) in [5.41, 5.74) is 10.8. The molecule has 4 heteroatoms. The van der Waals surface area contributed by atoms with Crippen LogP contribution < -0.4 is 5.46 Å². The summed E-state index contributed by atoms with van der Waals surface area (Å²) in [7, 11) is -0.404. The quantitative estimate of drug-likeness (QED) is 0.195. The third-order valence-corrected chi connectivity index (χ3v) is 12.2. The topological polar surface area (TPSA) is 31.6 Å². The molecule has 2 bridgehead atoms. The van der Waals surface area contributed by atoms with E-state index in [1.807, 2.05) is 0 Å². The molecule has 5 aromatic rings. The van der Waals surface area contributed by atoms with Crippen molar-refractivity contribution < 1.29 is 13.7 Å². The Labute approximate surface area is 261 Å². The van der Waals surface area contributed by atoms with E-state index >= 15 is 0 Å². The van der Waals surface area contributed by atoms with E-state index in [1.54, 1.807) is 11.1 Å². The molecule has 2 heterocycles. The highest BCUT2D eigenvalue weighted by atomic mass is 16.7. The van der Waals surface area contributed by atoms with Gasteiger partial charge < -0.3 is 13.7 Å². The Kier molecular flexibility index (Phi) is 5.60. The molecule has 3 aliphatic carbocycles. The van der Waals surface area contributed by atoms with E-state index in [9.17, 15) is 0 Å². The summed E-state index contributed by atoms with van der Waals surface area (Å²) in [5, 5.41) is 2.28. The maximum Gasteiger partial charge on any atom is 0.494 e. The van der Waals surface area contributed by atoms with Crippen LogP contribution in [0.3, 0.4) is 0 Å². The molecule has 1 saturated heterocycles. The van der Waals surface area contributed by atoms with Crippen molar-refractivity contribution >= 4 is 34.5 Å². The fraction of sp³-hybridized carbons (Fsp3) is 0.400. The Balaban J connectivity index is 1.13. The van der Waals surface area contributed by atoms with Crippen LogP contribution in [0.5, 0.6) is 0 Å². The largest absolute Gasteiger partial charge is 0.494 e. The Morgan fingerprint density at radius 1 is 0.682 bits per heavy atom. The van der Waals surface area contributed by atoms with E-state index in [4.69, 9.17) is 13.7 Å². The van der Waals surface area contributed by atoms with Crippen molar-refractivity contribution in [3.63, 3.8) is 0 Å². The number of furan rings is 1. The molecule has 0 amide bonds. The standard InChI is InChI=1S/C40H41BO3/c1-24-18-25-16-17-40(28(19-24)20-25)34-9-7-6-8-30(34)31-13-10-27(22-35(31)40)26-11-15-36-33(21-26)32-14-12-29(23-37(32)42-36)41-43-38(2,3)39(4,5)44-41/h6-15,21-25,28H,16-20H2,1-5H3. The third-order valence-electron chi connectivity index (χ3n) is 12.2. The fourth-order valence-electron chi connectivity index (χ4n) is 9.41. The van der Waals surface area contributed by atoms with E-state index < -0.39 is 7.12 Å². The lowest BCUT2D eigenvalue weighted by Gasteiger charge is -2.50. The smallest absolute Gasteiger partial charge is 0.456 e. The van der Waals surface area contributed by atoms with Gasteiger partial charge in [-0.15, -0.1) is 0 Å². The van der Waals surface area contributed by atoms with Gasteiger partial charge in [0.1, 0.15) is 11.2 Å². The van der Waals surface area contributed by atoms with E-state index in [0.717, 1.165) is 45.2 Å². The van der Waals surface area contributed by atoms with E-state index in [1.165, 1.54) is 54.4 Å². The van der Waals surface area contributed by atoms with Crippen LogP contribution in [0.4, 0.5) is 0 Å². The first-order chi connectivity index (χ1) is 21.1. The normalized spacial score (nSPS) is 28.1. The Morgan fingerprint density at radius 2 is 1.43 bits per heavy atom. The van der Waals surface area contributed by atoms with E-state index in [-0.39, 0.29) is 16.6 Å². The van der Waals surface area contributed by atoms with Gasteiger partial charge in [0, 0.05) is 16.2 Å². The van der Waals surface area contributed by atoms with Gasteiger partial charge >= 0.3 is 7.12 Å². The van der Waals surface area contributed by atoms with Gasteiger partial charge in [-0.25, -0.2) is 0 Å². The van der Waals surface area contributed by atoms with Crippen LogP contribution in [0, 0.1) is 17.8 Å². The zero-order valence-electron chi connectivity index (χ0n) is 26.6. The fourth-order valence-corrected chi connectivity index (χ4v) is 9.41. The molecule has 2 saturated carbocycles. The molecular formula is C40H41BO3. The Hall–Kier alpha value is -3.34. The second-order valence-corrected chi connectivity index (χ2v) is 15.3. The van der Waals surface area contributed by atoms with Gasteiger partial charge in [0.15, 0.2) is 0 Å². The summed E-state index contributed by atoms with van der Waals surface area (Å²) in [6.45, 7) is 10.9. The zero-order chi connectivity index (χ0) is 30.0. The molecule has 4 aromatic carbocycles. The highest BCUT2D eigenvalue weighted by Gasteiger charge is 2.53. The van der Waals surface area contributed by atoms with Crippen molar-refractivity contribution in [2.24, 2.45) is 17.8 Å². The molecule has 1 aromatic heterocycles. The Morgan fingerprint density at radius 3 is 2.27 bits per heavy atom. The Bertz CT molecular complexity index is 1950. The number of hydrogen-bond donors (Lipinski definition) is 0. The van der Waals surface area contributed by atoms with Crippen LogP contribution in [0.2, 0.25) is 0 Å². The van der Waals surface area contributed by atoms with Gasteiger partial charge in [0.25, 0.3) is 0 Å². The van der Waals surface area contributed by atoms with Crippen LogP contribution in [0.1, 0.15) is 77.8 Å². The number of hydrogen-bond acceptors (Lipinski definition) is 3. The molecule has 4 aliphatic rings. The molecule has 9 rings (SSSR count). The molecule has 0 N–H and O–H groups in total. The third kappa shape index (κ3) is 3.71. The first-order valence-corrected chi connectivity index (χ1v) is 16.7. The van der Waals surface area contributed by atoms with Gasteiger partial charge in [-0.2, -0.15) is 0 Å². The van der Waals surface area contributed by atoms with E-state index in [0.29, 0.717) is 0 Å². The van der Waals surface area contributed by atoms with E-state index in [2.05, 4.69) is 113 Å². The lowest BCUT2D eigenvalue weighted by atomic mass is 9.53. The number of benzene rings is 4. The highest BCUT2D eigenvalue weighted by Crippen LogP contribution is 2.62. The second-order valence-electron chi connectivity index (χ2n) is 15.3. The molecule has 222 valence electrons. The molecule has 1 spiro atoms. The summed E-state index contributed by atoms with van der Waals surface area (Å²) >= 11 is 0. The van der Waals surface area contributed by atoms with Crippen LogP contribution in [0.25, 0.3) is 44.2 Å². The summed E-state index contributed by atoms with van der Waals surface area (Å²) in [5.74, 6) is 2.44. The molecule has 1 aliphatic heterocycles. The minimum Gasteiger partial charge on any atom is -0.456 e. The average Bonchev–Trinajstić information content (AvgIpc) is 3.58. The van der Waals surface area contributed by atoms with Crippen LogP contribution in [-0.4, -0.2) is 18.3 Å². The molecule has 3 fully saturated rings. The lowest BCUT2D eigenvalue weighted by molar-refractivity contribution is 0.00578. The van der Waals surface area contributed by atoms with Crippen molar-refractivity contribution in [3.8, 4) is 22.3 Å². The maximum absolute atomic E-state index is 6.40. The van der Waals surface area contributed by atoms with Crippen LogP contribution >= 0.6 is 0 Å². The maximum atomic E-state index is 6.40. The van der Waals surface area contributed by atoms with Crippen LogP contribution in [0.15, 0.2) is 83.3 Å². The van der Waals surface area contributed by atoms with Crippen molar-refractivity contribution in [1.29, 1.82) is 0 Å². The van der Waals surface area contributed by atoms with Gasteiger partial charge in [0.05, 0.1) is 11.2 Å². The number of rotatable bonds is 2. The predicted octanol–water partition coefficient (Wildman–Crippen LogP) is 9.66. The predicted molar refractivity (Wildman–Crippen MR) is 180 cm³/mol. The summed E-state index contributed by atoms with van der Waals surface area (Å²) in [6.07, 6.45) is 6.76. The molecular weight excluding hydrogens is 539 g/mol. The molecule has 0 radical (unpaired) electrons. The lowest BCUT2D eigenvalue weighted by Crippen LogP contribution is -2.44. The van der Waals surface area contributed by atoms with Gasteiger partial charge in [-0.3, -0.25) is 0 Å².